The fourth-order valence-electron chi connectivity index (χ4n) is 2.88. The van der Waals surface area contributed by atoms with Crippen molar-refractivity contribution in [2.24, 2.45) is 0 Å². The molecule has 0 saturated carbocycles. The van der Waals surface area contributed by atoms with Crippen molar-refractivity contribution in [2.75, 3.05) is 0 Å². The van der Waals surface area contributed by atoms with Gasteiger partial charge in [0.25, 0.3) is 0 Å². The van der Waals surface area contributed by atoms with Gasteiger partial charge in [0.05, 0.1) is 10.6 Å². The molecular formula is C26H22ClFO3. The highest BCUT2D eigenvalue weighted by molar-refractivity contribution is 6.32. The van der Waals surface area contributed by atoms with E-state index in [1.807, 2.05) is 12.1 Å². The Morgan fingerprint density at radius 2 is 1.52 bits per heavy atom. The van der Waals surface area contributed by atoms with Crippen molar-refractivity contribution in [2.45, 2.75) is 26.2 Å². The van der Waals surface area contributed by atoms with Gasteiger partial charge in [-0.2, -0.15) is 0 Å². The maximum Gasteiger partial charge on any atom is 0.343 e. The first-order chi connectivity index (χ1) is 14.6. The molecule has 0 atom stereocenters. The molecule has 0 heterocycles. The lowest BCUT2D eigenvalue weighted by Gasteiger charge is -2.18. The Balaban J connectivity index is 1.66. The van der Waals surface area contributed by atoms with Crippen LogP contribution in [0.25, 0.3) is 6.08 Å². The molecule has 5 heteroatoms. The van der Waals surface area contributed by atoms with Gasteiger partial charge in [0, 0.05) is 11.1 Å². The summed E-state index contributed by atoms with van der Waals surface area (Å²) in [7, 11) is 0. The van der Waals surface area contributed by atoms with E-state index in [1.54, 1.807) is 42.5 Å². The minimum atomic E-state index is -0.505. The third kappa shape index (κ3) is 5.68. The summed E-state index contributed by atoms with van der Waals surface area (Å²) < 4.78 is 19.2. The highest BCUT2D eigenvalue weighted by Gasteiger charge is 2.15. The van der Waals surface area contributed by atoms with Crippen molar-refractivity contribution in [3.05, 3.63) is 106 Å². The minimum Gasteiger partial charge on any atom is -0.423 e. The summed E-state index contributed by atoms with van der Waals surface area (Å²) in [6.07, 6.45) is 2.59. The van der Waals surface area contributed by atoms with Crippen LogP contribution in [0.2, 0.25) is 5.02 Å². The number of allylic oxidation sites excluding steroid dienone is 1. The van der Waals surface area contributed by atoms with Gasteiger partial charge in [0.1, 0.15) is 11.6 Å². The Morgan fingerprint density at radius 3 is 2.10 bits per heavy atom. The number of ether oxygens (including phenoxy) is 1. The molecule has 0 aliphatic rings. The van der Waals surface area contributed by atoms with Crippen LogP contribution in [0.4, 0.5) is 4.39 Å². The van der Waals surface area contributed by atoms with Crippen molar-refractivity contribution in [3.8, 4) is 5.75 Å². The van der Waals surface area contributed by atoms with Crippen molar-refractivity contribution < 1.29 is 18.7 Å². The fourth-order valence-corrected chi connectivity index (χ4v) is 3.11. The smallest absolute Gasteiger partial charge is 0.343 e. The predicted octanol–water partition coefficient (Wildman–Crippen LogP) is 6.89. The highest BCUT2D eigenvalue weighted by atomic mass is 35.5. The molecule has 0 saturated heterocycles. The average molecular weight is 437 g/mol. The van der Waals surface area contributed by atoms with Crippen LogP contribution in [0.1, 0.15) is 52.6 Å². The van der Waals surface area contributed by atoms with E-state index in [2.05, 4.69) is 20.8 Å². The maximum absolute atomic E-state index is 13.8. The zero-order valence-electron chi connectivity index (χ0n) is 17.5. The Kier molecular flexibility index (Phi) is 6.71. The van der Waals surface area contributed by atoms with Gasteiger partial charge in [-0.3, -0.25) is 4.79 Å². The molecule has 0 radical (unpaired) electrons. The summed E-state index contributed by atoms with van der Waals surface area (Å²) >= 11 is 5.96. The third-order valence-electron chi connectivity index (χ3n) is 4.74. The van der Waals surface area contributed by atoms with E-state index in [0.717, 1.165) is 5.56 Å². The van der Waals surface area contributed by atoms with Crippen LogP contribution in [0.5, 0.6) is 5.75 Å². The van der Waals surface area contributed by atoms with Gasteiger partial charge in [0.15, 0.2) is 5.78 Å². The normalized spacial score (nSPS) is 11.5. The SMILES string of the molecule is CC(C)(C)c1ccc(C(=O)Oc2ccc(C(=O)C=Cc3c(F)cccc3Cl)cc2)cc1. The molecule has 0 aromatic heterocycles. The Bertz CT molecular complexity index is 1100. The summed E-state index contributed by atoms with van der Waals surface area (Å²) in [5.41, 5.74) is 2.09. The number of esters is 1. The van der Waals surface area contributed by atoms with Crippen LogP contribution in [0, 0.1) is 5.82 Å². The van der Waals surface area contributed by atoms with Crippen LogP contribution >= 0.6 is 11.6 Å². The molecule has 158 valence electrons. The van der Waals surface area contributed by atoms with E-state index >= 15 is 0 Å². The summed E-state index contributed by atoms with van der Waals surface area (Å²) in [6.45, 7) is 6.30. The number of carbonyl (C=O) groups is 2. The molecule has 0 spiro atoms. The van der Waals surface area contributed by atoms with E-state index in [4.69, 9.17) is 16.3 Å². The van der Waals surface area contributed by atoms with Crippen LogP contribution < -0.4 is 4.74 Å². The molecule has 0 unspecified atom stereocenters. The molecule has 3 rings (SSSR count). The van der Waals surface area contributed by atoms with Gasteiger partial charge in [-0.1, -0.05) is 50.6 Å². The number of halogens is 2. The molecule has 0 aliphatic carbocycles. The van der Waals surface area contributed by atoms with E-state index < -0.39 is 11.8 Å². The lowest BCUT2D eigenvalue weighted by atomic mass is 9.87. The summed E-state index contributed by atoms with van der Waals surface area (Å²) in [5.74, 6) is -0.986. The van der Waals surface area contributed by atoms with Gasteiger partial charge in [0.2, 0.25) is 0 Å². The molecular weight excluding hydrogens is 415 g/mol. The second-order valence-corrected chi connectivity index (χ2v) is 8.48. The second-order valence-electron chi connectivity index (χ2n) is 8.07. The average Bonchev–Trinajstić information content (AvgIpc) is 2.73. The number of ketones is 1. The van der Waals surface area contributed by atoms with E-state index in [0.29, 0.717) is 16.9 Å². The van der Waals surface area contributed by atoms with Gasteiger partial charge >= 0.3 is 5.97 Å². The molecule has 31 heavy (non-hydrogen) atoms. The maximum atomic E-state index is 13.8. The molecule has 0 amide bonds. The monoisotopic (exact) mass is 436 g/mol. The Morgan fingerprint density at radius 1 is 0.903 bits per heavy atom. The molecule has 3 nitrogen and oxygen atoms in total. The second kappa shape index (κ2) is 9.27. The first-order valence-corrected chi connectivity index (χ1v) is 10.1. The highest BCUT2D eigenvalue weighted by Crippen LogP contribution is 2.23. The lowest BCUT2D eigenvalue weighted by molar-refractivity contribution is 0.0734. The van der Waals surface area contributed by atoms with Crippen LogP contribution in [0.3, 0.4) is 0 Å². The summed E-state index contributed by atoms with van der Waals surface area (Å²) in [5, 5.41) is 0.224. The van der Waals surface area contributed by atoms with Crippen LogP contribution in [-0.4, -0.2) is 11.8 Å². The van der Waals surface area contributed by atoms with Gasteiger partial charge in [-0.25, -0.2) is 9.18 Å². The zero-order valence-corrected chi connectivity index (χ0v) is 18.2. The summed E-state index contributed by atoms with van der Waals surface area (Å²) in [6, 6.07) is 17.8. The largest absolute Gasteiger partial charge is 0.423 e. The molecule has 0 fully saturated rings. The molecule has 0 N–H and O–H groups in total. The quantitative estimate of drug-likeness (QED) is 0.189. The fraction of sp³-hybridized carbons (Fsp3) is 0.154. The third-order valence-corrected chi connectivity index (χ3v) is 5.07. The standard InChI is InChI=1S/C26H22ClFO3/c1-26(2,3)19-11-7-18(8-12-19)25(30)31-20-13-9-17(10-14-20)24(29)16-15-21-22(27)5-4-6-23(21)28/h4-16H,1-3H3. The van der Waals surface area contributed by atoms with Crippen molar-refractivity contribution in [1.29, 1.82) is 0 Å². The van der Waals surface area contributed by atoms with Crippen molar-refractivity contribution in [3.63, 3.8) is 0 Å². The zero-order chi connectivity index (χ0) is 22.6. The Hall–Kier alpha value is -3.24. The van der Waals surface area contributed by atoms with E-state index in [-0.39, 0.29) is 21.8 Å². The number of hydrogen-bond acceptors (Lipinski definition) is 3. The van der Waals surface area contributed by atoms with Gasteiger partial charge < -0.3 is 4.74 Å². The van der Waals surface area contributed by atoms with Crippen molar-refractivity contribution >= 4 is 29.4 Å². The van der Waals surface area contributed by atoms with Crippen molar-refractivity contribution in [1.82, 2.24) is 0 Å². The summed E-state index contributed by atoms with van der Waals surface area (Å²) in [4.78, 5) is 24.7. The van der Waals surface area contributed by atoms with Crippen LogP contribution in [-0.2, 0) is 5.41 Å². The number of benzene rings is 3. The Labute approximate surface area is 186 Å². The van der Waals surface area contributed by atoms with Gasteiger partial charge in [-0.05, 0) is 71.7 Å². The number of hydrogen-bond donors (Lipinski definition) is 0. The number of carbonyl (C=O) groups excluding carboxylic acids is 2. The van der Waals surface area contributed by atoms with Crippen LogP contribution in [0.15, 0.2) is 72.8 Å². The topological polar surface area (TPSA) is 43.4 Å². The first-order valence-electron chi connectivity index (χ1n) is 9.74. The molecule has 0 aliphatic heterocycles. The molecule has 0 bridgehead atoms. The molecule has 3 aromatic carbocycles. The number of rotatable bonds is 5. The predicted molar refractivity (Wildman–Crippen MR) is 121 cm³/mol. The molecule has 3 aromatic rings. The van der Waals surface area contributed by atoms with E-state index in [9.17, 15) is 14.0 Å². The lowest BCUT2D eigenvalue weighted by Crippen LogP contribution is -2.13. The van der Waals surface area contributed by atoms with Gasteiger partial charge in [-0.15, -0.1) is 0 Å². The first kappa shape index (κ1) is 22.4. The minimum absolute atomic E-state index is 0.00311. The van der Waals surface area contributed by atoms with E-state index in [1.165, 1.54) is 24.3 Å².